The SMILES string of the molecule is Cc1ccccc1OCCOCC(=O)OC(C)(C)C. The molecule has 19 heavy (non-hydrogen) atoms. The Labute approximate surface area is 114 Å². The van der Waals surface area contributed by atoms with Crippen LogP contribution >= 0.6 is 0 Å². The summed E-state index contributed by atoms with van der Waals surface area (Å²) >= 11 is 0. The van der Waals surface area contributed by atoms with E-state index in [2.05, 4.69) is 0 Å². The molecule has 0 bridgehead atoms. The van der Waals surface area contributed by atoms with Gasteiger partial charge in [0.05, 0.1) is 6.61 Å². The minimum absolute atomic E-state index is 0.0472. The van der Waals surface area contributed by atoms with E-state index in [9.17, 15) is 4.79 Å². The molecule has 0 aliphatic heterocycles. The second-order valence-corrected chi connectivity index (χ2v) is 5.25. The summed E-state index contributed by atoms with van der Waals surface area (Å²) in [6.45, 7) is 8.18. The molecule has 106 valence electrons. The van der Waals surface area contributed by atoms with Gasteiger partial charge in [-0.25, -0.2) is 4.79 Å². The van der Waals surface area contributed by atoms with E-state index in [1.165, 1.54) is 0 Å². The lowest BCUT2D eigenvalue weighted by Crippen LogP contribution is -2.27. The van der Waals surface area contributed by atoms with E-state index < -0.39 is 5.60 Å². The van der Waals surface area contributed by atoms with Gasteiger partial charge in [-0.2, -0.15) is 0 Å². The smallest absolute Gasteiger partial charge is 0.332 e. The van der Waals surface area contributed by atoms with Gasteiger partial charge in [0.2, 0.25) is 0 Å². The molecule has 0 saturated heterocycles. The van der Waals surface area contributed by atoms with Crippen molar-refractivity contribution in [2.75, 3.05) is 19.8 Å². The van der Waals surface area contributed by atoms with Crippen LogP contribution in [0.2, 0.25) is 0 Å². The highest BCUT2D eigenvalue weighted by atomic mass is 16.6. The Balaban J connectivity index is 2.15. The summed E-state index contributed by atoms with van der Waals surface area (Å²) in [6.07, 6.45) is 0. The van der Waals surface area contributed by atoms with E-state index in [1.807, 2.05) is 52.0 Å². The van der Waals surface area contributed by atoms with Crippen molar-refractivity contribution >= 4 is 5.97 Å². The van der Waals surface area contributed by atoms with Crippen LogP contribution in [0, 0.1) is 6.92 Å². The van der Waals surface area contributed by atoms with Gasteiger partial charge in [-0.05, 0) is 39.3 Å². The number of benzene rings is 1. The number of hydrogen-bond acceptors (Lipinski definition) is 4. The average Bonchev–Trinajstić information content (AvgIpc) is 2.28. The van der Waals surface area contributed by atoms with E-state index in [0.717, 1.165) is 11.3 Å². The van der Waals surface area contributed by atoms with E-state index in [0.29, 0.717) is 13.2 Å². The maximum Gasteiger partial charge on any atom is 0.332 e. The van der Waals surface area contributed by atoms with Gasteiger partial charge in [0, 0.05) is 0 Å². The average molecular weight is 266 g/mol. The van der Waals surface area contributed by atoms with Crippen molar-refractivity contribution in [2.24, 2.45) is 0 Å². The highest BCUT2D eigenvalue weighted by Crippen LogP contribution is 2.15. The highest BCUT2D eigenvalue weighted by Gasteiger charge is 2.15. The molecule has 1 rings (SSSR count). The molecule has 0 spiro atoms. The Morgan fingerprint density at radius 1 is 1.16 bits per heavy atom. The molecule has 0 unspecified atom stereocenters. The first-order valence-corrected chi connectivity index (χ1v) is 6.36. The molecule has 0 amide bonds. The van der Waals surface area contributed by atoms with E-state index in [4.69, 9.17) is 14.2 Å². The lowest BCUT2D eigenvalue weighted by Gasteiger charge is -2.19. The van der Waals surface area contributed by atoms with Crippen molar-refractivity contribution < 1.29 is 19.0 Å². The van der Waals surface area contributed by atoms with Crippen LogP contribution in [-0.2, 0) is 14.3 Å². The van der Waals surface area contributed by atoms with Crippen LogP contribution in [0.1, 0.15) is 26.3 Å². The molecule has 1 aromatic rings. The molecule has 0 radical (unpaired) electrons. The topological polar surface area (TPSA) is 44.8 Å². The van der Waals surface area contributed by atoms with Crippen molar-refractivity contribution in [2.45, 2.75) is 33.3 Å². The summed E-state index contributed by atoms with van der Waals surface area (Å²) < 4.78 is 15.9. The maximum atomic E-state index is 11.4. The third kappa shape index (κ3) is 6.82. The molecule has 0 aromatic heterocycles. The van der Waals surface area contributed by atoms with Crippen molar-refractivity contribution in [3.63, 3.8) is 0 Å². The van der Waals surface area contributed by atoms with Gasteiger partial charge in [-0.3, -0.25) is 0 Å². The normalized spacial score (nSPS) is 11.2. The predicted octanol–water partition coefficient (Wildman–Crippen LogP) is 2.73. The lowest BCUT2D eigenvalue weighted by molar-refractivity contribution is -0.160. The molecule has 0 N–H and O–H groups in total. The van der Waals surface area contributed by atoms with Crippen molar-refractivity contribution in [1.29, 1.82) is 0 Å². The number of hydrogen-bond donors (Lipinski definition) is 0. The summed E-state index contributed by atoms with van der Waals surface area (Å²) in [5.74, 6) is 0.478. The predicted molar refractivity (Wildman–Crippen MR) is 73.3 cm³/mol. The summed E-state index contributed by atoms with van der Waals surface area (Å²) in [4.78, 5) is 11.4. The third-order valence-corrected chi connectivity index (χ3v) is 2.22. The van der Waals surface area contributed by atoms with E-state index >= 15 is 0 Å². The van der Waals surface area contributed by atoms with Gasteiger partial charge in [-0.15, -0.1) is 0 Å². The Hall–Kier alpha value is -1.55. The van der Waals surface area contributed by atoms with Crippen molar-refractivity contribution in [3.8, 4) is 5.75 Å². The Morgan fingerprint density at radius 2 is 1.84 bits per heavy atom. The largest absolute Gasteiger partial charge is 0.491 e. The summed E-state index contributed by atoms with van der Waals surface area (Å²) in [5.41, 5.74) is 0.604. The molecule has 0 saturated carbocycles. The van der Waals surface area contributed by atoms with Crippen LogP contribution in [0.3, 0.4) is 0 Å². The number of carbonyl (C=O) groups is 1. The third-order valence-electron chi connectivity index (χ3n) is 2.22. The fourth-order valence-electron chi connectivity index (χ4n) is 1.46. The molecule has 0 aliphatic carbocycles. The quantitative estimate of drug-likeness (QED) is 0.586. The number of rotatable bonds is 6. The van der Waals surface area contributed by atoms with Crippen molar-refractivity contribution in [1.82, 2.24) is 0 Å². The standard InChI is InChI=1S/C15H22O4/c1-12-7-5-6-8-13(12)18-10-9-17-11-14(16)19-15(2,3)4/h5-8H,9-11H2,1-4H3. The maximum absolute atomic E-state index is 11.4. The molecule has 0 heterocycles. The monoisotopic (exact) mass is 266 g/mol. The number of ether oxygens (including phenoxy) is 3. The fraction of sp³-hybridized carbons (Fsp3) is 0.533. The van der Waals surface area contributed by atoms with Crippen LogP contribution in [0.15, 0.2) is 24.3 Å². The highest BCUT2D eigenvalue weighted by molar-refractivity contribution is 5.71. The molecule has 0 fully saturated rings. The first kappa shape index (κ1) is 15.5. The van der Waals surface area contributed by atoms with Gasteiger partial charge in [0.1, 0.15) is 24.6 Å². The second kappa shape index (κ2) is 7.14. The molecule has 0 atom stereocenters. The summed E-state index contributed by atoms with van der Waals surface area (Å²) in [6, 6.07) is 7.77. The second-order valence-electron chi connectivity index (χ2n) is 5.25. The molecular formula is C15H22O4. The summed E-state index contributed by atoms with van der Waals surface area (Å²) in [7, 11) is 0. The number of carbonyl (C=O) groups excluding carboxylic acids is 1. The zero-order chi connectivity index (χ0) is 14.3. The molecule has 4 heteroatoms. The van der Waals surface area contributed by atoms with Gasteiger partial charge < -0.3 is 14.2 Å². The van der Waals surface area contributed by atoms with Gasteiger partial charge in [0.25, 0.3) is 0 Å². The van der Waals surface area contributed by atoms with Crippen LogP contribution in [0.4, 0.5) is 0 Å². The van der Waals surface area contributed by atoms with E-state index in [-0.39, 0.29) is 12.6 Å². The summed E-state index contributed by atoms with van der Waals surface area (Å²) in [5, 5.41) is 0. The minimum atomic E-state index is -0.474. The zero-order valence-corrected chi connectivity index (χ0v) is 12.1. The lowest BCUT2D eigenvalue weighted by atomic mass is 10.2. The molecule has 1 aromatic carbocycles. The Kier molecular flexibility index (Phi) is 5.83. The minimum Gasteiger partial charge on any atom is -0.491 e. The Bertz CT molecular complexity index is 407. The van der Waals surface area contributed by atoms with E-state index in [1.54, 1.807) is 0 Å². The van der Waals surface area contributed by atoms with Crippen molar-refractivity contribution in [3.05, 3.63) is 29.8 Å². The van der Waals surface area contributed by atoms with Crippen LogP contribution in [0.5, 0.6) is 5.75 Å². The molecular weight excluding hydrogens is 244 g/mol. The fourth-order valence-corrected chi connectivity index (χ4v) is 1.46. The van der Waals surface area contributed by atoms with Gasteiger partial charge in [-0.1, -0.05) is 18.2 Å². The Morgan fingerprint density at radius 3 is 2.47 bits per heavy atom. The molecule has 4 nitrogen and oxygen atoms in total. The van der Waals surface area contributed by atoms with Crippen LogP contribution < -0.4 is 4.74 Å². The number of esters is 1. The van der Waals surface area contributed by atoms with Crippen LogP contribution in [0.25, 0.3) is 0 Å². The number of para-hydroxylation sites is 1. The first-order chi connectivity index (χ1) is 8.88. The number of aryl methyl sites for hydroxylation is 1. The zero-order valence-electron chi connectivity index (χ0n) is 12.1. The van der Waals surface area contributed by atoms with Gasteiger partial charge in [0.15, 0.2) is 0 Å². The first-order valence-electron chi connectivity index (χ1n) is 6.36. The molecule has 0 aliphatic rings. The van der Waals surface area contributed by atoms with Crippen LogP contribution in [-0.4, -0.2) is 31.4 Å². The van der Waals surface area contributed by atoms with Gasteiger partial charge >= 0.3 is 5.97 Å².